The molecular formula is C13H22N2O3S. The second kappa shape index (κ2) is 7.59. The summed E-state index contributed by atoms with van der Waals surface area (Å²) >= 11 is 0. The molecule has 0 fully saturated rings. The lowest BCUT2D eigenvalue weighted by Crippen LogP contribution is -2.33. The molecule has 0 aliphatic heterocycles. The predicted octanol–water partition coefficient (Wildman–Crippen LogP) is 1.11. The van der Waals surface area contributed by atoms with E-state index in [1.54, 1.807) is 19.2 Å². The highest BCUT2D eigenvalue weighted by molar-refractivity contribution is 7.89. The maximum absolute atomic E-state index is 12.1. The van der Waals surface area contributed by atoms with Gasteiger partial charge in [0.1, 0.15) is 0 Å². The minimum atomic E-state index is -3.45. The third-order valence-electron chi connectivity index (χ3n) is 2.73. The molecule has 2 N–H and O–H groups in total. The standard InChI is InChI=1S/C13H22N2O3S/c1-11(8-9-18-3)15-19(16,17)13-6-4-12(5-7-13)10-14-2/h4-7,11,14-15H,8-10H2,1-3H3. The molecule has 0 amide bonds. The van der Waals surface area contributed by atoms with E-state index in [4.69, 9.17) is 4.74 Å². The third kappa shape index (κ3) is 5.28. The number of hydrogen-bond donors (Lipinski definition) is 2. The van der Waals surface area contributed by atoms with E-state index in [1.807, 2.05) is 26.1 Å². The molecule has 1 rings (SSSR count). The molecule has 1 aromatic carbocycles. The van der Waals surface area contributed by atoms with Gasteiger partial charge in [-0.3, -0.25) is 0 Å². The summed E-state index contributed by atoms with van der Waals surface area (Å²) < 4.78 is 31.8. The van der Waals surface area contributed by atoms with Gasteiger partial charge < -0.3 is 10.1 Å². The van der Waals surface area contributed by atoms with Crippen LogP contribution in [0.15, 0.2) is 29.2 Å². The van der Waals surface area contributed by atoms with Crippen LogP contribution in [-0.2, 0) is 21.3 Å². The molecule has 0 aliphatic rings. The van der Waals surface area contributed by atoms with Crippen LogP contribution in [0.25, 0.3) is 0 Å². The van der Waals surface area contributed by atoms with Crippen molar-refractivity contribution >= 4 is 10.0 Å². The highest BCUT2D eigenvalue weighted by Gasteiger charge is 2.16. The van der Waals surface area contributed by atoms with E-state index in [2.05, 4.69) is 10.0 Å². The molecule has 1 unspecified atom stereocenters. The van der Waals surface area contributed by atoms with Crippen LogP contribution in [0.1, 0.15) is 18.9 Å². The first kappa shape index (κ1) is 16.1. The Hall–Kier alpha value is -0.950. The topological polar surface area (TPSA) is 67.4 Å². The lowest BCUT2D eigenvalue weighted by molar-refractivity contribution is 0.188. The molecule has 1 atom stereocenters. The zero-order valence-corrected chi connectivity index (χ0v) is 12.5. The van der Waals surface area contributed by atoms with Gasteiger partial charge in [-0.1, -0.05) is 12.1 Å². The number of ether oxygens (including phenoxy) is 1. The molecule has 6 heteroatoms. The van der Waals surface area contributed by atoms with Crippen LogP contribution < -0.4 is 10.0 Å². The summed E-state index contributed by atoms with van der Waals surface area (Å²) in [7, 11) is 0.00220. The molecule has 19 heavy (non-hydrogen) atoms. The van der Waals surface area contributed by atoms with Gasteiger partial charge in [-0.2, -0.15) is 0 Å². The number of benzene rings is 1. The Morgan fingerprint density at radius 2 is 1.89 bits per heavy atom. The van der Waals surface area contributed by atoms with Gasteiger partial charge in [0.15, 0.2) is 0 Å². The summed E-state index contributed by atoms with van der Waals surface area (Å²) in [5, 5.41) is 3.02. The molecule has 0 saturated carbocycles. The minimum absolute atomic E-state index is 0.151. The Morgan fingerprint density at radius 3 is 2.42 bits per heavy atom. The third-order valence-corrected chi connectivity index (χ3v) is 4.33. The van der Waals surface area contributed by atoms with E-state index in [9.17, 15) is 8.42 Å². The predicted molar refractivity (Wildman–Crippen MR) is 75.5 cm³/mol. The van der Waals surface area contributed by atoms with E-state index < -0.39 is 10.0 Å². The highest BCUT2D eigenvalue weighted by atomic mass is 32.2. The van der Waals surface area contributed by atoms with Crippen LogP contribution in [0.5, 0.6) is 0 Å². The molecule has 0 radical (unpaired) electrons. The van der Waals surface area contributed by atoms with Crippen LogP contribution in [0.4, 0.5) is 0 Å². The van der Waals surface area contributed by atoms with Gasteiger partial charge in [0.25, 0.3) is 0 Å². The number of rotatable bonds is 8. The minimum Gasteiger partial charge on any atom is -0.385 e. The van der Waals surface area contributed by atoms with Crippen molar-refractivity contribution in [3.05, 3.63) is 29.8 Å². The summed E-state index contributed by atoms with van der Waals surface area (Å²) in [5.74, 6) is 0. The average Bonchev–Trinajstić information content (AvgIpc) is 2.37. The maximum Gasteiger partial charge on any atom is 0.240 e. The summed E-state index contributed by atoms with van der Waals surface area (Å²) in [6, 6.07) is 6.72. The molecule has 1 aromatic rings. The summed E-state index contributed by atoms with van der Waals surface area (Å²) in [6.07, 6.45) is 0.646. The quantitative estimate of drug-likeness (QED) is 0.751. The molecule has 0 bridgehead atoms. The van der Waals surface area contributed by atoms with Crippen molar-refractivity contribution < 1.29 is 13.2 Å². The molecule has 0 spiro atoms. The van der Waals surface area contributed by atoms with E-state index in [-0.39, 0.29) is 10.9 Å². The number of hydrogen-bond acceptors (Lipinski definition) is 4. The van der Waals surface area contributed by atoms with Crippen LogP contribution in [0, 0.1) is 0 Å². The van der Waals surface area contributed by atoms with Gasteiger partial charge in [-0.25, -0.2) is 13.1 Å². The van der Waals surface area contributed by atoms with E-state index in [0.717, 1.165) is 12.1 Å². The molecule has 0 heterocycles. The number of nitrogens with one attached hydrogen (secondary N) is 2. The average molecular weight is 286 g/mol. The van der Waals surface area contributed by atoms with E-state index in [0.29, 0.717) is 13.0 Å². The molecule has 0 aromatic heterocycles. The second-order valence-electron chi connectivity index (χ2n) is 4.48. The zero-order valence-electron chi connectivity index (χ0n) is 11.6. The lowest BCUT2D eigenvalue weighted by Gasteiger charge is -2.14. The molecule has 0 aliphatic carbocycles. The Balaban J connectivity index is 2.71. The van der Waals surface area contributed by atoms with Crippen molar-refractivity contribution in [1.82, 2.24) is 10.0 Å². The summed E-state index contributed by atoms with van der Waals surface area (Å²) in [6.45, 7) is 3.08. The first-order valence-corrected chi connectivity index (χ1v) is 7.72. The summed E-state index contributed by atoms with van der Waals surface area (Å²) in [5.41, 5.74) is 1.05. The first-order chi connectivity index (χ1) is 8.99. The van der Waals surface area contributed by atoms with Crippen molar-refractivity contribution in [2.75, 3.05) is 20.8 Å². The van der Waals surface area contributed by atoms with E-state index in [1.165, 1.54) is 0 Å². The van der Waals surface area contributed by atoms with Crippen LogP contribution >= 0.6 is 0 Å². The summed E-state index contributed by atoms with van der Waals surface area (Å²) in [4.78, 5) is 0.289. The molecule has 5 nitrogen and oxygen atoms in total. The fourth-order valence-electron chi connectivity index (χ4n) is 1.68. The Morgan fingerprint density at radius 1 is 1.26 bits per heavy atom. The smallest absolute Gasteiger partial charge is 0.240 e. The van der Waals surface area contributed by atoms with Gasteiger partial charge in [0, 0.05) is 26.3 Å². The van der Waals surface area contributed by atoms with Gasteiger partial charge in [0.05, 0.1) is 4.90 Å². The SMILES string of the molecule is CNCc1ccc(S(=O)(=O)NC(C)CCOC)cc1. The first-order valence-electron chi connectivity index (χ1n) is 6.24. The van der Waals surface area contributed by atoms with Crippen molar-refractivity contribution in [1.29, 1.82) is 0 Å². The lowest BCUT2D eigenvalue weighted by atomic mass is 10.2. The molecule has 0 saturated heterocycles. The van der Waals surface area contributed by atoms with Crippen molar-refractivity contribution in [3.8, 4) is 0 Å². The monoisotopic (exact) mass is 286 g/mol. The largest absolute Gasteiger partial charge is 0.385 e. The molecule has 108 valence electrons. The Bertz CT molecular complexity index is 471. The van der Waals surface area contributed by atoms with Crippen LogP contribution in [0.3, 0.4) is 0 Å². The Labute approximate surface area is 115 Å². The van der Waals surface area contributed by atoms with Crippen LogP contribution in [-0.4, -0.2) is 35.2 Å². The Kier molecular flexibility index (Phi) is 6.44. The normalized spacial score (nSPS) is 13.4. The van der Waals surface area contributed by atoms with Crippen molar-refractivity contribution in [2.24, 2.45) is 0 Å². The molecular weight excluding hydrogens is 264 g/mol. The van der Waals surface area contributed by atoms with Crippen molar-refractivity contribution in [2.45, 2.75) is 30.8 Å². The van der Waals surface area contributed by atoms with Gasteiger partial charge in [0.2, 0.25) is 10.0 Å². The number of methoxy groups -OCH3 is 1. The fraction of sp³-hybridized carbons (Fsp3) is 0.538. The van der Waals surface area contributed by atoms with Gasteiger partial charge in [-0.15, -0.1) is 0 Å². The fourth-order valence-corrected chi connectivity index (χ4v) is 2.96. The van der Waals surface area contributed by atoms with Crippen LogP contribution in [0.2, 0.25) is 0 Å². The van der Waals surface area contributed by atoms with Gasteiger partial charge >= 0.3 is 0 Å². The zero-order chi connectivity index (χ0) is 14.3. The second-order valence-corrected chi connectivity index (χ2v) is 6.19. The highest BCUT2D eigenvalue weighted by Crippen LogP contribution is 2.11. The van der Waals surface area contributed by atoms with E-state index >= 15 is 0 Å². The van der Waals surface area contributed by atoms with Gasteiger partial charge in [-0.05, 0) is 38.1 Å². The maximum atomic E-state index is 12.1. The number of sulfonamides is 1. The van der Waals surface area contributed by atoms with Crippen molar-refractivity contribution in [3.63, 3.8) is 0 Å².